The van der Waals surface area contributed by atoms with Gasteiger partial charge in [-0.3, -0.25) is 0 Å². The van der Waals surface area contributed by atoms with Gasteiger partial charge in [0.2, 0.25) is 0 Å². The van der Waals surface area contributed by atoms with E-state index in [1.807, 2.05) is 6.20 Å². The summed E-state index contributed by atoms with van der Waals surface area (Å²) in [5.41, 5.74) is 8.04. The third-order valence-corrected chi connectivity index (χ3v) is 2.26. The van der Waals surface area contributed by atoms with Gasteiger partial charge in [-0.15, -0.1) is 0 Å². The molecule has 2 N–H and O–H groups in total. The van der Waals surface area contributed by atoms with Gasteiger partial charge in [-0.05, 0) is 18.4 Å². The van der Waals surface area contributed by atoms with Crippen LogP contribution in [0.1, 0.15) is 23.6 Å². The van der Waals surface area contributed by atoms with E-state index in [9.17, 15) is 0 Å². The quantitative estimate of drug-likeness (QED) is 0.631. The van der Waals surface area contributed by atoms with Gasteiger partial charge in [0.15, 0.2) is 0 Å². The Bertz CT molecular complexity index is 259. The number of hydrogen-bond acceptors (Lipinski definition) is 3. The molecule has 1 aliphatic rings. The Morgan fingerprint density at radius 1 is 1.64 bits per heavy atom. The van der Waals surface area contributed by atoms with Crippen LogP contribution in [0.3, 0.4) is 0 Å². The van der Waals surface area contributed by atoms with Crippen molar-refractivity contribution in [3.63, 3.8) is 0 Å². The molecule has 0 bridgehead atoms. The average Bonchev–Trinajstić information content (AvgIpc) is 2.47. The second kappa shape index (κ2) is 2.58. The van der Waals surface area contributed by atoms with E-state index in [2.05, 4.69) is 9.97 Å². The van der Waals surface area contributed by atoms with Gasteiger partial charge in [0, 0.05) is 18.7 Å². The SMILES string of the molecule is NCC1CCc2cncnc21. The molecule has 2 rings (SSSR count). The molecular weight excluding hydrogens is 138 g/mol. The second-order valence-corrected chi connectivity index (χ2v) is 2.90. The van der Waals surface area contributed by atoms with E-state index in [1.165, 1.54) is 11.3 Å². The van der Waals surface area contributed by atoms with Crippen LogP contribution in [-0.2, 0) is 6.42 Å². The highest BCUT2D eigenvalue weighted by Gasteiger charge is 2.21. The van der Waals surface area contributed by atoms with Crippen molar-refractivity contribution in [2.45, 2.75) is 18.8 Å². The van der Waals surface area contributed by atoms with Crippen LogP contribution in [0.2, 0.25) is 0 Å². The lowest BCUT2D eigenvalue weighted by atomic mass is 10.1. The van der Waals surface area contributed by atoms with Crippen molar-refractivity contribution in [3.05, 3.63) is 23.8 Å². The third kappa shape index (κ3) is 1.01. The van der Waals surface area contributed by atoms with Crippen molar-refractivity contribution in [2.75, 3.05) is 6.54 Å². The van der Waals surface area contributed by atoms with Crippen molar-refractivity contribution in [1.29, 1.82) is 0 Å². The van der Waals surface area contributed by atoms with Gasteiger partial charge < -0.3 is 5.73 Å². The maximum atomic E-state index is 5.59. The first kappa shape index (κ1) is 6.73. The number of fused-ring (bicyclic) bond motifs is 1. The summed E-state index contributed by atoms with van der Waals surface area (Å²) in [4.78, 5) is 8.19. The van der Waals surface area contributed by atoms with Crippen LogP contribution in [0.15, 0.2) is 12.5 Å². The standard InChI is InChI=1S/C8H11N3/c9-3-6-1-2-7-4-10-5-11-8(6)7/h4-6H,1-3,9H2. The molecule has 0 fully saturated rings. The van der Waals surface area contributed by atoms with E-state index in [0.29, 0.717) is 12.5 Å². The monoisotopic (exact) mass is 149 g/mol. The number of aryl methyl sites for hydroxylation is 1. The zero-order chi connectivity index (χ0) is 7.68. The molecule has 0 saturated heterocycles. The lowest BCUT2D eigenvalue weighted by Gasteiger charge is -2.04. The molecule has 1 aliphatic carbocycles. The summed E-state index contributed by atoms with van der Waals surface area (Å²) in [7, 11) is 0. The highest BCUT2D eigenvalue weighted by Crippen LogP contribution is 2.28. The van der Waals surface area contributed by atoms with E-state index >= 15 is 0 Å². The molecule has 0 amide bonds. The Hall–Kier alpha value is -0.960. The first-order chi connectivity index (χ1) is 5.42. The highest BCUT2D eigenvalue weighted by atomic mass is 14.8. The van der Waals surface area contributed by atoms with Gasteiger partial charge in [0.05, 0.1) is 5.69 Å². The van der Waals surface area contributed by atoms with E-state index < -0.39 is 0 Å². The van der Waals surface area contributed by atoms with E-state index in [4.69, 9.17) is 5.73 Å². The third-order valence-electron chi connectivity index (χ3n) is 2.26. The summed E-state index contributed by atoms with van der Waals surface area (Å²) >= 11 is 0. The number of rotatable bonds is 1. The van der Waals surface area contributed by atoms with Crippen molar-refractivity contribution in [3.8, 4) is 0 Å². The maximum Gasteiger partial charge on any atom is 0.115 e. The number of aromatic nitrogens is 2. The van der Waals surface area contributed by atoms with Crippen LogP contribution in [0.5, 0.6) is 0 Å². The summed E-state index contributed by atoms with van der Waals surface area (Å²) in [6, 6.07) is 0. The molecule has 3 nitrogen and oxygen atoms in total. The summed E-state index contributed by atoms with van der Waals surface area (Å²) in [6.07, 6.45) is 5.74. The van der Waals surface area contributed by atoms with Crippen LogP contribution >= 0.6 is 0 Å². The second-order valence-electron chi connectivity index (χ2n) is 2.90. The minimum atomic E-state index is 0.480. The molecule has 1 heterocycles. The van der Waals surface area contributed by atoms with Crippen molar-refractivity contribution in [1.82, 2.24) is 9.97 Å². The van der Waals surface area contributed by atoms with Crippen LogP contribution < -0.4 is 5.73 Å². The molecule has 0 radical (unpaired) electrons. The average molecular weight is 149 g/mol. The molecule has 58 valence electrons. The summed E-state index contributed by atoms with van der Waals surface area (Å²) in [5.74, 6) is 0.480. The van der Waals surface area contributed by atoms with Gasteiger partial charge in [-0.25, -0.2) is 9.97 Å². The highest BCUT2D eigenvalue weighted by molar-refractivity contribution is 5.25. The molecule has 1 atom stereocenters. The number of nitrogens with zero attached hydrogens (tertiary/aromatic N) is 2. The lowest BCUT2D eigenvalue weighted by Crippen LogP contribution is -2.10. The Morgan fingerprint density at radius 2 is 2.55 bits per heavy atom. The largest absolute Gasteiger partial charge is 0.330 e. The topological polar surface area (TPSA) is 51.8 Å². The lowest BCUT2D eigenvalue weighted by molar-refractivity contribution is 0.674. The van der Waals surface area contributed by atoms with E-state index in [0.717, 1.165) is 12.8 Å². The summed E-state index contributed by atoms with van der Waals surface area (Å²) < 4.78 is 0. The van der Waals surface area contributed by atoms with Crippen LogP contribution in [0, 0.1) is 0 Å². The Labute approximate surface area is 65.7 Å². The fraction of sp³-hybridized carbons (Fsp3) is 0.500. The van der Waals surface area contributed by atoms with Crippen LogP contribution in [0.25, 0.3) is 0 Å². The first-order valence-corrected chi connectivity index (χ1v) is 3.90. The number of hydrogen-bond donors (Lipinski definition) is 1. The first-order valence-electron chi connectivity index (χ1n) is 3.90. The van der Waals surface area contributed by atoms with Crippen molar-refractivity contribution in [2.24, 2.45) is 5.73 Å². The van der Waals surface area contributed by atoms with Gasteiger partial charge in [-0.2, -0.15) is 0 Å². The summed E-state index contributed by atoms with van der Waals surface area (Å²) in [6.45, 7) is 0.712. The van der Waals surface area contributed by atoms with Crippen LogP contribution in [-0.4, -0.2) is 16.5 Å². The zero-order valence-electron chi connectivity index (χ0n) is 6.33. The van der Waals surface area contributed by atoms with Crippen molar-refractivity contribution >= 4 is 0 Å². The smallest absolute Gasteiger partial charge is 0.115 e. The molecule has 3 heteroatoms. The zero-order valence-corrected chi connectivity index (χ0v) is 6.33. The van der Waals surface area contributed by atoms with Gasteiger partial charge in [0.1, 0.15) is 6.33 Å². The molecule has 1 aromatic rings. The molecule has 0 spiro atoms. The molecule has 1 aromatic heterocycles. The van der Waals surface area contributed by atoms with Gasteiger partial charge in [0.25, 0.3) is 0 Å². The fourth-order valence-corrected chi connectivity index (χ4v) is 1.62. The minimum absolute atomic E-state index is 0.480. The Morgan fingerprint density at radius 3 is 3.36 bits per heavy atom. The van der Waals surface area contributed by atoms with Crippen LogP contribution in [0.4, 0.5) is 0 Å². The van der Waals surface area contributed by atoms with E-state index in [-0.39, 0.29) is 0 Å². The Balaban J connectivity index is 2.39. The predicted octanol–water partition coefficient (Wildman–Crippen LogP) is 0.465. The van der Waals surface area contributed by atoms with Gasteiger partial charge >= 0.3 is 0 Å². The molecule has 0 aromatic carbocycles. The fourth-order valence-electron chi connectivity index (χ4n) is 1.62. The minimum Gasteiger partial charge on any atom is -0.330 e. The number of nitrogens with two attached hydrogens (primary N) is 1. The maximum absolute atomic E-state index is 5.59. The molecule has 0 aliphatic heterocycles. The molecule has 1 unspecified atom stereocenters. The Kier molecular flexibility index (Phi) is 1.58. The van der Waals surface area contributed by atoms with Gasteiger partial charge in [-0.1, -0.05) is 0 Å². The predicted molar refractivity (Wildman–Crippen MR) is 42.1 cm³/mol. The van der Waals surface area contributed by atoms with Crippen molar-refractivity contribution < 1.29 is 0 Å². The molecule has 11 heavy (non-hydrogen) atoms. The van der Waals surface area contributed by atoms with E-state index in [1.54, 1.807) is 6.33 Å². The normalized spacial score (nSPS) is 21.7. The molecular formula is C8H11N3. The molecule has 0 saturated carbocycles. The summed E-state index contributed by atoms with van der Waals surface area (Å²) in [5, 5.41) is 0.